The Hall–Kier alpha value is -1.02. The van der Waals surface area contributed by atoms with Crippen LogP contribution in [-0.4, -0.2) is 47.7 Å². The minimum Gasteiger partial charge on any atom is -0.393 e. The fourth-order valence-corrected chi connectivity index (χ4v) is 0.570. The summed E-state index contributed by atoms with van der Waals surface area (Å²) in [4.78, 5) is 10.7. The minimum atomic E-state index is -4.48. The Morgan fingerprint density at radius 1 is 1.27 bits per heavy atom. The van der Waals surface area contributed by atoms with Crippen LogP contribution in [0, 0.1) is 0 Å². The van der Waals surface area contributed by atoms with E-state index in [4.69, 9.17) is 5.11 Å². The van der Waals surface area contributed by atoms with Crippen LogP contribution in [0.5, 0.6) is 0 Å². The van der Waals surface area contributed by atoms with Gasteiger partial charge in [-0.15, -0.1) is 0 Å². The van der Waals surface area contributed by atoms with Crippen LogP contribution in [0.15, 0.2) is 0 Å². The number of aliphatic hydroxyl groups excluding tert-OH is 1. The van der Waals surface area contributed by atoms with Crippen LogP contribution >= 0.6 is 0 Å². The lowest BCUT2D eigenvalue weighted by Crippen LogP contribution is -2.48. The molecule has 0 bridgehead atoms. The quantitative estimate of drug-likeness (QED) is 0.530. The third kappa shape index (κ3) is 8.01. The number of rotatable bonds is 4. The topological polar surface area (TPSA) is 81.6 Å². The van der Waals surface area contributed by atoms with Crippen molar-refractivity contribution in [2.24, 2.45) is 0 Å². The summed E-state index contributed by atoms with van der Waals surface area (Å²) in [6, 6.07) is -1.05. The number of urea groups is 1. The van der Waals surface area contributed by atoms with Gasteiger partial charge in [0.05, 0.1) is 13.2 Å². The van der Waals surface area contributed by atoms with E-state index in [1.54, 1.807) is 5.32 Å². The van der Waals surface area contributed by atoms with Crippen molar-refractivity contribution in [1.29, 1.82) is 0 Å². The summed E-state index contributed by atoms with van der Waals surface area (Å²) < 4.78 is 34.9. The second-order valence-electron chi connectivity index (χ2n) is 3.31. The zero-order valence-corrected chi connectivity index (χ0v) is 8.06. The molecule has 4 N–H and O–H groups in total. The molecule has 0 aliphatic heterocycles. The summed E-state index contributed by atoms with van der Waals surface area (Å²) in [7, 11) is 0. The van der Waals surface area contributed by atoms with Crippen LogP contribution in [0.3, 0.4) is 0 Å². The first kappa shape index (κ1) is 14.0. The molecule has 1 unspecified atom stereocenters. The number of alkyl halides is 3. The third-order valence-electron chi connectivity index (χ3n) is 1.42. The molecule has 5 nitrogen and oxygen atoms in total. The van der Waals surface area contributed by atoms with Gasteiger partial charge in [-0.05, 0) is 6.92 Å². The molecular formula is C7H13F3N2O3. The average Bonchev–Trinajstić information content (AvgIpc) is 2.10. The zero-order chi connectivity index (χ0) is 12.1. The van der Waals surface area contributed by atoms with Crippen LogP contribution in [0.2, 0.25) is 0 Å². The monoisotopic (exact) mass is 230 g/mol. The zero-order valence-electron chi connectivity index (χ0n) is 8.06. The van der Waals surface area contributed by atoms with E-state index in [2.05, 4.69) is 0 Å². The van der Waals surface area contributed by atoms with Gasteiger partial charge in [0.25, 0.3) is 0 Å². The molecule has 0 heterocycles. The van der Waals surface area contributed by atoms with E-state index < -0.39 is 31.0 Å². The minimum absolute atomic E-state index is 0.340. The lowest BCUT2D eigenvalue weighted by Gasteiger charge is -2.20. The van der Waals surface area contributed by atoms with Crippen molar-refractivity contribution >= 4 is 6.03 Å². The van der Waals surface area contributed by atoms with Gasteiger partial charge in [0.1, 0.15) is 12.1 Å². The van der Waals surface area contributed by atoms with Crippen molar-refractivity contribution in [3.05, 3.63) is 0 Å². The molecule has 0 rings (SSSR count). The maximum Gasteiger partial charge on any atom is 0.405 e. The highest BCUT2D eigenvalue weighted by atomic mass is 19.4. The Bertz CT molecular complexity index is 218. The molecule has 0 aliphatic rings. The van der Waals surface area contributed by atoms with E-state index in [1.165, 1.54) is 6.92 Å². The summed E-state index contributed by atoms with van der Waals surface area (Å²) in [6.07, 6.45) is -4.48. The summed E-state index contributed by atoms with van der Waals surface area (Å²) in [5.41, 5.74) is -1.55. The number of aliphatic hydroxyl groups is 2. The summed E-state index contributed by atoms with van der Waals surface area (Å²) in [5.74, 6) is 0. The molecule has 0 aromatic carbocycles. The van der Waals surface area contributed by atoms with Gasteiger partial charge in [-0.3, -0.25) is 0 Å². The molecule has 0 fully saturated rings. The van der Waals surface area contributed by atoms with Gasteiger partial charge < -0.3 is 20.8 Å². The number of nitrogens with one attached hydrogen (secondary N) is 2. The van der Waals surface area contributed by atoms with E-state index in [0.29, 0.717) is 0 Å². The Kier molecular flexibility index (Phi) is 4.82. The lowest BCUT2D eigenvalue weighted by atomic mass is 10.1. The summed E-state index contributed by atoms with van der Waals surface area (Å²) >= 11 is 0. The van der Waals surface area contributed by atoms with Crippen LogP contribution < -0.4 is 10.6 Å². The van der Waals surface area contributed by atoms with Crippen LogP contribution in [-0.2, 0) is 0 Å². The second kappa shape index (κ2) is 5.17. The predicted octanol–water partition coefficient (Wildman–Crippen LogP) is -0.409. The average molecular weight is 230 g/mol. The Morgan fingerprint density at radius 3 is 2.13 bits per heavy atom. The predicted molar refractivity (Wildman–Crippen MR) is 45.2 cm³/mol. The highest BCUT2D eigenvalue weighted by Gasteiger charge is 2.28. The van der Waals surface area contributed by atoms with Gasteiger partial charge in [0.2, 0.25) is 0 Å². The first-order chi connectivity index (χ1) is 6.66. The summed E-state index contributed by atoms with van der Waals surface area (Å²) in [6.45, 7) is -1.16. The molecule has 8 heteroatoms. The number of halogens is 3. The van der Waals surface area contributed by atoms with Crippen molar-refractivity contribution in [3.8, 4) is 0 Å². The normalized spacial score (nSPS) is 15.6. The van der Waals surface area contributed by atoms with E-state index in [-0.39, 0.29) is 6.54 Å². The molecule has 90 valence electrons. The molecule has 0 spiro atoms. The molecule has 0 aliphatic carbocycles. The maximum absolute atomic E-state index is 11.6. The maximum atomic E-state index is 11.6. The van der Waals surface area contributed by atoms with Gasteiger partial charge in [-0.1, -0.05) is 0 Å². The van der Waals surface area contributed by atoms with Crippen molar-refractivity contribution < 1.29 is 28.2 Å². The summed E-state index contributed by atoms with van der Waals surface area (Å²) in [5, 5.41) is 21.3. The Morgan fingerprint density at radius 2 is 1.73 bits per heavy atom. The van der Waals surface area contributed by atoms with Gasteiger partial charge >= 0.3 is 12.2 Å². The molecule has 2 amide bonds. The van der Waals surface area contributed by atoms with Gasteiger partial charge in [-0.2, -0.15) is 13.2 Å². The van der Waals surface area contributed by atoms with Crippen molar-refractivity contribution in [2.45, 2.75) is 18.7 Å². The van der Waals surface area contributed by atoms with Crippen molar-refractivity contribution in [1.82, 2.24) is 10.6 Å². The molecule has 0 radical (unpaired) electrons. The number of hydrogen-bond donors (Lipinski definition) is 4. The van der Waals surface area contributed by atoms with Crippen LogP contribution in [0.1, 0.15) is 6.92 Å². The first-order valence-electron chi connectivity index (χ1n) is 4.08. The van der Waals surface area contributed by atoms with Crippen LogP contribution in [0.4, 0.5) is 18.0 Å². The third-order valence-corrected chi connectivity index (χ3v) is 1.42. The van der Waals surface area contributed by atoms with Gasteiger partial charge in [-0.25, -0.2) is 4.79 Å². The molecule has 0 saturated heterocycles. The molecule has 1 atom stereocenters. The van der Waals surface area contributed by atoms with Crippen molar-refractivity contribution in [2.75, 3.05) is 19.7 Å². The molecule has 0 aromatic rings. The standard InChI is InChI=1S/C7H13F3N2O3/c1-6(15,4-13)2-11-5(14)12-3-7(8,9)10/h13,15H,2-4H2,1H3,(H2,11,12,14). The number of hydrogen-bond acceptors (Lipinski definition) is 3. The number of carbonyl (C=O) groups excluding carboxylic acids is 1. The van der Waals surface area contributed by atoms with Gasteiger partial charge in [0, 0.05) is 0 Å². The van der Waals surface area contributed by atoms with Gasteiger partial charge in [0.15, 0.2) is 0 Å². The fourth-order valence-electron chi connectivity index (χ4n) is 0.570. The second-order valence-corrected chi connectivity index (χ2v) is 3.31. The lowest BCUT2D eigenvalue weighted by molar-refractivity contribution is -0.122. The molecule has 0 saturated carbocycles. The van der Waals surface area contributed by atoms with Crippen LogP contribution in [0.25, 0.3) is 0 Å². The smallest absolute Gasteiger partial charge is 0.393 e. The van der Waals surface area contributed by atoms with E-state index >= 15 is 0 Å². The SMILES string of the molecule is CC(O)(CO)CNC(=O)NCC(F)(F)F. The highest BCUT2D eigenvalue weighted by molar-refractivity contribution is 5.73. The number of carbonyl (C=O) groups is 1. The Balaban J connectivity index is 3.77. The molecular weight excluding hydrogens is 217 g/mol. The van der Waals surface area contributed by atoms with Crippen molar-refractivity contribution in [3.63, 3.8) is 0 Å². The van der Waals surface area contributed by atoms with E-state index in [0.717, 1.165) is 0 Å². The largest absolute Gasteiger partial charge is 0.405 e. The first-order valence-corrected chi connectivity index (χ1v) is 4.08. The highest BCUT2D eigenvalue weighted by Crippen LogP contribution is 2.11. The molecule has 15 heavy (non-hydrogen) atoms. The van der Waals surface area contributed by atoms with E-state index in [9.17, 15) is 23.1 Å². The van der Waals surface area contributed by atoms with E-state index in [1.807, 2.05) is 5.32 Å². The molecule has 0 aromatic heterocycles. The number of amides is 2. The fraction of sp³-hybridized carbons (Fsp3) is 0.857. The Labute approximate surface area is 84.3 Å².